The number of aromatic nitrogens is 3. The summed E-state index contributed by atoms with van der Waals surface area (Å²) in [5.74, 6) is 5.19. The molecule has 0 saturated heterocycles. The topological polar surface area (TPSA) is 132 Å². The highest BCUT2D eigenvalue weighted by Crippen LogP contribution is 2.33. The highest BCUT2D eigenvalue weighted by molar-refractivity contribution is 7.22. The number of thiazole rings is 1. The number of nitrogens with one attached hydrogen (secondary N) is 2. The molecule has 3 aromatic rings. The highest BCUT2D eigenvalue weighted by atomic mass is 32.1. The van der Waals surface area contributed by atoms with Gasteiger partial charge in [-0.05, 0) is 12.1 Å². The zero-order chi connectivity index (χ0) is 14.8. The lowest BCUT2D eigenvalue weighted by atomic mass is 10.3. The molecule has 0 unspecified atom stereocenters. The number of hydrazine groups is 1. The minimum atomic E-state index is -0.606. The summed E-state index contributed by atoms with van der Waals surface area (Å²) in [4.78, 5) is 22.5. The average molecular weight is 303 g/mol. The lowest BCUT2D eigenvalue weighted by molar-refractivity contribution is -0.383. The van der Waals surface area contributed by atoms with E-state index in [0.29, 0.717) is 5.13 Å². The van der Waals surface area contributed by atoms with Crippen molar-refractivity contribution >= 4 is 44.0 Å². The van der Waals surface area contributed by atoms with E-state index < -0.39 is 4.92 Å². The molecule has 106 valence electrons. The molecule has 0 aliphatic heterocycles. The molecular weight excluding hydrogens is 294 g/mol. The second-order valence-electron chi connectivity index (χ2n) is 3.93. The summed E-state index contributed by atoms with van der Waals surface area (Å²) in [5, 5.41) is 14.5. The molecule has 10 heteroatoms. The maximum Gasteiger partial charge on any atom is 0.354 e. The van der Waals surface area contributed by atoms with Crippen molar-refractivity contribution in [3.63, 3.8) is 0 Å². The van der Waals surface area contributed by atoms with Gasteiger partial charge in [0.2, 0.25) is 11.6 Å². The Bertz CT molecular complexity index is 786. The number of nitrogens with zero attached hydrogens (tertiary/aromatic N) is 4. The molecule has 0 bridgehead atoms. The lowest BCUT2D eigenvalue weighted by Crippen LogP contribution is -2.12. The van der Waals surface area contributed by atoms with Crippen LogP contribution in [0.4, 0.5) is 22.5 Å². The minimum Gasteiger partial charge on any atom is -0.310 e. The van der Waals surface area contributed by atoms with Gasteiger partial charge in [0, 0.05) is 0 Å². The van der Waals surface area contributed by atoms with Gasteiger partial charge in [0.25, 0.3) is 0 Å². The lowest BCUT2D eigenvalue weighted by Gasteiger charge is -2.05. The Morgan fingerprint density at radius 1 is 1.24 bits per heavy atom. The number of nitrogen functional groups attached to an aromatic ring is 1. The fraction of sp³-hybridized carbons (Fsp3) is 0. The summed E-state index contributed by atoms with van der Waals surface area (Å²) in [6.45, 7) is 0. The van der Waals surface area contributed by atoms with E-state index in [4.69, 9.17) is 5.84 Å². The molecule has 0 fully saturated rings. The van der Waals surface area contributed by atoms with Crippen LogP contribution in [0.5, 0.6) is 0 Å². The first-order chi connectivity index (χ1) is 10.2. The Morgan fingerprint density at radius 3 is 2.71 bits per heavy atom. The Hall–Kier alpha value is -2.85. The first-order valence-electron chi connectivity index (χ1n) is 5.77. The molecule has 0 aliphatic rings. The zero-order valence-corrected chi connectivity index (χ0v) is 11.3. The Kier molecular flexibility index (Phi) is 3.30. The van der Waals surface area contributed by atoms with Crippen molar-refractivity contribution in [2.45, 2.75) is 0 Å². The first kappa shape index (κ1) is 13.1. The predicted molar refractivity (Wildman–Crippen MR) is 79.4 cm³/mol. The Labute approximate surface area is 122 Å². The van der Waals surface area contributed by atoms with Crippen molar-refractivity contribution in [3.05, 3.63) is 40.7 Å². The van der Waals surface area contributed by atoms with Gasteiger partial charge in [-0.2, -0.15) is 0 Å². The number of hydrogen-bond donors (Lipinski definition) is 3. The summed E-state index contributed by atoms with van der Waals surface area (Å²) in [7, 11) is 0. The predicted octanol–water partition coefficient (Wildman–Crippen LogP) is 2.02. The maximum absolute atomic E-state index is 11.1. The standard InChI is InChI=1S/C11H9N7O2S/c12-17-10-8(18(19)20)9(13-5-14-10)16-11-15-6-3-1-2-4-7(6)21-11/h1-5H,12H2,(H2,13,14,15,16,17). The summed E-state index contributed by atoms with van der Waals surface area (Å²) in [6, 6.07) is 7.54. The molecule has 0 saturated carbocycles. The molecular formula is C11H9N7O2S. The molecule has 21 heavy (non-hydrogen) atoms. The molecule has 4 N–H and O–H groups in total. The average Bonchev–Trinajstić information content (AvgIpc) is 2.88. The third-order valence-electron chi connectivity index (χ3n) is 2.66. The van der Waals surface area contributed by atoms with Gasteiger partial charge < -0.3 is 10.7 Å². The fourth-order valence-electron chi connectivity index (χ4n) is 1.78. The number of benzene rings is 1. The second-order valence-corrected chi connectivity index (χ2v) is 4.96. The Balaban J connectivity index is 2.03. The second kappa shape index (κ2) is 5.26. The van der Waals surface area contributed by atoms with Crippen LogP contribution < -0.4 is 16.6 Å². The van der Waals surface area contributed by atoms with Crippen molar-refractivity contribution in [1.29, 1.82) is 0 Å². The van der Waals surface area contributed by atoms with Crippen molar-refractivity contribution in [1.82, 2.24) is 15.0 Å². The van der Waals surface area contributed by atoms with Crippen LogP contribution in [0, 0.1) is 10.1 Å². The number of nitro groups is 1. The van der Waals surface area contributed by atoms with Gasteiger partial charge in [-0.3, -0.25) is 10.1 Å². The molecule has 3 rings (SSSR count). The van der Waals surface area contributed by atoms with Crippen LogP contribution >= 0.6 is 11.3 Å². The van der Waals surface area contributed by atoms with Crippen LogP contribution in [-0.2, 0) is 0 Å². The molecule has 2 heterocycles. The van der Waals surface area contributed by atoms with E-state index in [1.807, 2.05) is 24.3 Å². The van der Waals surface area contributed by atoms with Gasteiger partial charge in [0.1, 0.15) is 6.33 Å². The normalized spacial score (nSPS) is 10.5. The van der Waals surface area contributed by atoms with Gasteiger partial charge in [-0.15, -0.1) is 0 Å². The van der Waals surface area contributed by atoms with Gasteiger partial charge in [0.15, 0.2) is 5.13 Å². The van der Waals surface area contributed by atoms with E-state index in [2.05, 4.69) is 25.7 Å². The number of rotatable bonds is 4. The van der Waals surface area contributed by atoms with E-state index in [9.17, 15) is 10.1 Å². The number of nitrogens with two attached hydrogens (primary N) is 1. The van der Waals surface area contributed by atoms with E-state index in [1.54, 1.807) is 0 Å². The van der Waals surface area contributed by atoms with Crippen LogP contribution in [0.15, 0.2) is 30.6 Å². The third kappa shape index (κ3) is 2.44. The van der Waals surface area contributed by atoms with Crippen LogP contribution in [0.1, 0.15) is 0 Å². The molecule has 0 spiro atoms. The molecule has 1 aromatic carbocycles. The summed E-state index contributed by atoms with van der Waals surface area (Å²) < 4.78 is 0.967. The van der Waals surface area contributed by atoms with Gasteiger partial charge in [-0.25, -0.2) is 20.8 Å². The molecule has 0 aliphatic carbocycles. The summed E-state index contributed by atoms with van der Waals surface area (Å²) in [5.41, 5.74) is 2.65. The first-order valence-corrected chi connectivity index (χ1v) is 6.59. The molecule has 0 radical (unpaired) electrons. The van der Waals surface area contributed by atoms with Crippen molar-refractivity contribution in [3.8, 4) is 0 Å². The molecule has 0 atom stereocenters. The quantitative estimate of drug-likeness (QED) is 0.379. The van der Waals surface area contributed by atoms with Gasteiger partial charge in [-0.1, -0.05) is 23.5 Å². The zero-order valence-electron chi connectivity index (χ0n) is 10.5. The van der Waals surface area contributed by atoms with Crippen molar-refractivity contribution in [2.75, 3.05) is 10.7 Å². The van der Waals surface area contributed by atoms with Crippen molar-refractivity contribution in [2.24, 2.45) is 5.84 Å². The SMILES string of the molecule is NNc1ncnc(Nc2nc3ccccc3s2)c1[N+](=O)[O-]. The van der Waals surface area contributed by atoms with Gasteiger partial charge in [0.05, 0.1) is 15.1 Å². The monoisotopic (exact) mass is 303 g/mol. The van der Waals surface area contributed by atoms with Crippen molar-refractivity contribution < 1.29 is 4.92 Å². The fourth-order valence-corrected chi connectivity index (χ4v) is 2.64. The van der Waals surface area contributed by atoms with E-state index >= 15 is 0 Å². The number of para-hydroxylation sites is 1. The number of hydrogen-bond acceptors (Lipinski definition) is 9. The largest absolute Gasteiger partial charge is 0.354 e. The maximum atomic E-state index is 11.1. The molecule has 0 amide bonds. The summed E-state index contributed by atoms with van der Waals surface area (Å²) in [6.07, 6.45) is 1.18. The van der Waals surface area contributed by atoms with Crippen LogP contribution in [0.25, 0.3) is 10.2 Å². The van der Waals surface area contributed by atoms with Crippen LogP contribution in [0.3, 0.4) is 0 Å². The number of fused-ring (bicyclic) bond motifs is 1. The van der Waals surface area contributed by atoms with E-state index in [-0.39, 0.29) is 17.3 Å². The highest BCUT2D eigenvalue weighted by Gasteiger charge is 2.23. The van der Waals surface area contributed by atoms with E-state index in [1.165, 1.54) is 17.7 Å². The molecule has 2 aromatic heterocycles. The number of anilines is 3. The minimum absolute atomic E-state index is 0.0296. The smallest absolute Gasteiger partial charge is 0.310 e. The third-order valence-corrected chi connectivity index (χ3v) is 3.61. The van der Waals surface area contributed by atoms with Crippen LogP contribution in [0.2, 0.25) is 0 Å². The van der Waals surface area contributed by atoms with Crippen LogP contribution in [-0.4, -0.2) is 19.9 Å². The summed E-state index contributed by atoms with van der Waals surface area (Å²) >= 11 is 1.37. The van der Waals surface area contributed by atoms with Gasteiger partial charge >= 0.3 is 5.69 Å². The van der Waals surface area contributed by atoms with E-state index in [0.717, 1.165) is 10.2 Å². The molecule has 9 nitrogen and oxygen atoms in total. The Morgan fingerprint density at radius 2 is 2.00 bits per heavy atom.